The highest BCUT2D eigenvalue weighted by Crippen LogP contribution is 2.39. The number of ketones is 4. The lowest BCUT2D eigenvalue weighted by Crippen LogP contribution is -2.47. The molecule has 1 saturated carbocycles. The molecule has 0 spiro atoms. The molecule has 1 aliphatic rings. The first kappa shape index (κ1) is 23.5. The monoisotopic (exact) mass is 386 g/mol. The van der Waals surface area contributed by atoms with Gasteiger partial charge in [-0.2, -0.15) is 0 Å². The zero-order valence-corrected chi connectivity index (χ0v) is 17.1. The molecule has 1 aliphatic carbocycles. The van der Waals surface area contributed by atoms with Crippen molar-refractivity contribution < 1.29 is 23.9 Å². The highest BCUT2D eigenvalue weighted by molar-refractivity contribution is 6.14. The van der Waals surface area contributed by atoms with Gasteiger partial charge >= 0.3 is 0 Å². The Hall–Kier alpha value is -2.56. The molecule has 0 bridgehead atoms. The van der Waals surface area contributed by atoms with Crippen LogP contribution in [0, 0.1) is 0 Å². The second-order valence-corrected chi connectivity index (χ2v) is 6.75. The molecular weight excluding hydrogens is 356 g/mol. The van der Waals surface area contributed by atoms with E-state index in [1.165, 1.54) is 6.08 Å². The van der Waals surface area contributed by atoms with Gasteiger partial charge in [-0.05, 0) is 36.6 Å². The third-order valence-electron chi connectivity index (χ3n) is 5.07. The largest absolute Gasteiger partial charge is 0.497 e. The van der Waals surface area contributed by atoms with Crippen LogP contribution in [0.1, 0.15) is 64.4 Å². The van der Waals surface area contributed by atoms with E-state index in [0.717, 1.165) is 0 Å². The minimum Gasteiger partial charge on any atom is -0.497 e. The zero-order chi connectivity index (χ0) is 21.2. The third-order valence-corrected chi connectivity index (χ3v) is 5.07. The van der Waals surface area contributed by atoms with Gasteiger partial charge in [0.2, 0.25) is 0 Å². The van der Waals surface area contributed by atoms with Crippen molar-refractivity contribution in [3.05, 3.63) is 42.5 Å². The van der Waals surface area contributed by atoms with Crippen LogP contribution in [0.4, 0.5) is 0 Å². The van der Waals surface area contributed by atoms with Crippen LogP contribution in [0.3, 0.4) is 0 Å². The summed E-state index contributed by atoms with van der Waals surface area (Å²) in [6.07, 6.45) is 4.24. The van der Waals surface area contributed by atoms with Crippen molar-refractivity contribution >= 4 is 23.1 Å². The predicted molar refractivity (Wildman–Crippen MR) is 109 cm³/mol. The molecular formula is C23H30O5. The number of allylic oxidation sites excluding steroid dienone is 1. The van der Waals surface area contributed by atoms with Crippen molar-refractivity contribution in [2.24, 2.45) is 0 Å². The average Bonchev–Trinajstić information content (AvgIpc) is 2.73. The van der Waals surface area contributed by atoms with Crippen LogP contribution in [0.15, 0.2) is 36.9 Å². The molecule has 0 aromatic heterocycles. The van der Waals surface area contributed by atoms with Gasteiger partial charge in [-0.3, -0.25) is 19.2 Å². The number of hydrogen-bond donors (Lipinski definition) is 0. The van der Waals surface area contributed by atoms with Gasteiger partial charge in [-0.1, -0.05) is 32.6 Å². The first-order chi connectivity index (χ1) is 13.3. The third kappa shape index (κ3) is 5.72. The highest BCUT2D eigenvalue weighted by atomic mass is 16.5. The molecule has 5 nitrogen and oxygen atoms in total. The van der Waals surface area contributed by atoms with Gasteiger partial charge in [0.25, 0.3) is 0 Å². The van der Waals surface area contributed by atoms with Gasteiger partial charge in [-0.15, -0.1) is 0 Å². The molecule has 5 heteroatoms. The SMILES string of the molecule is C=CC(=O)CC.CCC(=O)CCC1(c2cccc(OC)c2)C(=O)CCCC1=O. The minimum absolute atomic E-state index is 0.0686. The van der Waals surface area contributed by atoms with Crippen LogP contribution < -0.4 is 4.74 Å². The molecule has 0 saturated heterocycles. The van der Waals surface area contributed by atoms with Crippen molar-refractivity contribution in [3.63, 3.8) is 0 Å². The lowest BCUT2D eigenvalue weighted by atomic mass is 9.65. The Bertz CT molecular complexity index is 716. The quantitative estimate of drug-likeness (QED) is 0.495. The Labute approximate surface area is 167 Å². The van der Waals surface area contributed by atoms with E-state index >= 15 is 0 Å². The molecule has 1 fully saturated rings. The fourth-order valence-corrected chi connectivity index (χ4v) is 3.27. The van der Waals surface area contributed by atoms with E-state index in [2.05, 4.69) is 6.58 Å². The van der Waals surface area contributed by atoms with E-state index < -0.39 is 5.41 Å². The second kappa shape index (κ2) is 11.3. The summed E-state index contributed by atoms with van der Waals surface area (Å²) in [6, 6.07) is 7.11. The van der Waals surface area contributed by atoms with Gasteiger partial charge in [0.05, 0.1) is 7.11 Å². The average molecular weight is 386 g/mol. The molecule has 1 aromatic carbocycles. The molecule has 0 radical (unpaired) electrons. The smallest absolute Gasteiger partial charge is 0.154 e. The maximum Gasteiger partial charge on any atom is 0.154 e. The standard InChI is InChI=1S/C18H22O4.C5H8O/c1-3-14(19)10-11-18(16(20)8-5-9-17(18)21)13-6-4-7-15(12-13)22-2;1-3-5(6)4-2/h4,6-7,12H,3,5,8-11H2,1-2H3;3H,1,4H2,2H3. The molecule has 0 atom stereocenters. The van der Waals surface area contributed by atoms with E-state index in [1.54, 1.807) is 38.3 Å². The van der Waals surface area contributed by atoms with Crippen molar-refractivity contribution in [2.45, 2.75) is 64.2 Å². The summed E-state index contributed by atoms with van der Waals surface area (Å²) >= 11 is 0. The number of carbonyl (C=O) groups excluding carboxylic acids is 4. The topological polar surface area (TPSA) is 77.5 Å². The van der Waals surface area contributed by atoms with Gasteiger partial charge in [0.15, 0.2) is 17.3 Å². The van der Waals surface area contributed by atoms with E-state index in [-0.39, 0.29) is 36.0 Å². The van der Waals surface area contributed by atoms with E-state index in [0.29, 0.717) is 43.4 Å². The van der Waals surface area contributed by atoms with Crippen LogP contribution in [-0.4, -0.2) is 30.2 Å². The van der Waals surface area contributed by atoms with Crippen molar-refractivity contribution in [3.8, 4) is 5.75 Å². The Morgan fingerprint density at radius 2 is 1.79 bits per heavy atom. The summed E-state index contributed by atoms with van der Waals surface area (Å²) in [5.41, 5.74) is -0.511. The molecule has 2 rings (SSSR count). The number of hydrogen-bond acceptors (Lipinski definition) is 5. The molecule has 0 aliphatic heterocycles. The fourth-order valence-electron chi connectivity index (χ4n) is 3.27. The fraction of sp³-hybridized carbons (Fsp3) is 0.478. The lowest BCUT2D eigenvalue weighted by Gasteiger charge is -2.35. The van der Waals surface area contributed by atoms with E-state index in [4.69, 9.17) is 4.74 Å². The molecule has 1 aromatic rings. The van der Waals surface area contributed by atoms with Crippen molar-refractivity contribution in [1.82, 2.24) is 0 Å². The maximum atomic E-state index is 12.7. The molecule has 0 unspecified atom stereocenters. The van der Waals surface area contributed by atoms with Gasteiger partial charge in [0, 0.05) is 32.1 Å². The zero-order valence-electron chi connectivity index (χ0n) is 17.1. The molecule has 28 heavy (non-hydrogen) atoms. The maximum absolute atomic E-state index is 12.7. The highest BCUT2D eigenvalue weighted by Gasteiger charge is 2.48. The van der Waals surface area contributed by atoms with Crippen molar-refractivity contribution in [2.75, 3.05) is 7.11 Å². The van der Waals surface area contributed by atoms with Crippen LogP contribution in [0.5, 0.6) is 5.75 Å². The normalized spacial score (nSPS) is 15.2. The predicted octanol–water partition coefficient (Wildman–Crippen LogP) is 4.17. The first-order valence-corrected chi connectivity index (χ1v) is 9.73. The Balaban J connectivity index is 0.000000568. The summed E-state index contributed by atoms with van der Waals surface area (Å²) in [5, 5.41) is 0. The summed E-state index contributed by atoms with van der Waals surface area (Å²) in [4.78, 5) is 47.1. The summed E-state index contributed by atoms with van der Waals surface area (Å²) in [7, 11) is 1.55. The first-order valence-electron chi connectivity index (χ1n) is 9.73. The molecule has 0 amide bonds. The Kier molecular flexibility index (Phi) is 9.49. The number of rotatable bonds is 8. The molecule has 0 N–H and O–H groups in total. The van der Waals surface area contributed by atoms with Gasteiger partial charge in [0.1, 0.15) is 16.9 Å². The summed E-state index contributed by atoms with van der Waals surface area (Å²) < 4.78 is 5.22. The van der Waals surface area contributed by atoms with Gasteiger partial charge < -0.3 is 4.74 Å². The molecule has 152 valence electrons. The number of Topliss-reactive ketones (excluding diaryl/α,β-unsaturated/α-hetero) is 3. The van der Waals surface area contributed by atoms with Crippen LogP contribution in [0.25, 0.3) is 0 Å². The molecule has 0 heterocycles. The van der Waals surface area contributed by atoms with Crippen LogP contribution >= 0.6 is 0 Å². The summed E-state index contributed by atoms with van der Waals surface area (Å²) in [6.45, 7) is 6.89. The van der Waals surface area contributed by atoms with E-state index in [1.807, 2.05) is 6.92 Å². The van der Waals surface area contributed by atoms with Crippen LogP contribution in [-0.2, 0) is 24.6 Å². The van der Waals surface area contributed by atoms with Crippen LogP contribution in [0.2, 0.25) is 0 Å². The Morgan fingerprint density at radius 3 is 2.25 bits per heavy atom. The number of carbonyl (C=O) groups is 4. The number of methoxy groups -OCH3 is 1. The lowest BCUT2D eigenvalue weighted by molar-refractivity contribution is -0.138. The minimum atomic E-state index is -1.17. The Morgan fingerprint density at radius 1 is 1.14 bits per heavy atom. The van der Waals surface area contributed by atoms with E-state index in [9.17, 15) is 19.2 Å². The number of benzene rings is 1. The van der Waals surface area contributed by atoms with Crippen molar-refractivity contribution in [1.29, 1.82) is 0 Å². The number of ether oxygens (including phenoxy) is 1. The summed E-state index contributed by atoms with van der Waals surface area (Å²) in [5.74, 6) is 0.662. The van der Waals surface area contributed by atoms with Gasteiger partial charge in [-0.25, -0.2) is 0 Å². The second-order valence-electron chi connectivity index (χ2n) is 6.75.